The Bertz CT molecular complexity index is 429. The number of aryl methyl sites for hydroxylation is 1. The molecule has 1 aromatic heterocycles. The van der Waals surface area contributed by atoms with Crippen LogP contribution >= 0.6 is 0 Å². The van der Waals surface area contributed by atoms with E-state index in [4.69, 9.17) is 0 Å². The average Bonchev–Trinajstić information content (AvgIpc) is 2.98. The molecule has 2 aliphatic rings. The lowest BCUT2D eigenvalue weighted by molar-refractivity contribution is 0.296. The summed E-state index contributed by atoms with van der Waals surface area (Å²) in [6, 6.07) is 0.563. The smallest absolute Gasteiger partial charge is 0.135 e. The number of rotatable bonds is 4. The zero-order valence-electron chi connectivity index (χ0n) is 11.5. The molecule has 104 valence electrons. The molecule has 3 rings (SSSR count). The Labute approximate surface area is 114 Å². The number of hydrogen-bond donors (Lipinski definition) is 1. The van der Waals surface area contributed by atoms with Gasteiger partial charge in [0.1, 0.15) is 12.1 Å². The Balaban J connectivity index is 1.92. The highest BCUT2D eigenvalue weighted by Crippen LogP contribution is 2.32. The van der Waals surface area contributed by atoms with Crippen LogP contribution in [0.1, 0.15) is 49.8 Å². The monoisotopic (exact) mass is 261 g/mol. The van der Waals surface area contributed by atoms with Crippen LogP contribution in [0, 0.1) is 0 Å². The van der Waals surface area contributed by atoms with Gasteiger partial charge in [-0.25, -0.2) is 9.97 Å². The van der Waals surface area contributed by atoms with E-state index >= 15 is 0 Å². The largest absolute Gasteiger partial charge is 0.395 e. The van der Waals surface area contributed by atoms with Gasteiger partial charge in [0, 0.05) is 23.8 Å². The van der Waals surface area contributed by atoms with Crippen LogP contribution in [0.15, 0.2) is 6.33 Å². The van der Waals surface area contributed by atoms with Crippen molar-refractivity contribution in [3.05, 3.63) is 17.6 Å². The normalized spacial score (nSPS) is 19.4. The van der Waals surface area contributed by atoms with Crippen LogP contribution in [0.2, 0.25) is 0 Å². The molecule has 0 atom stereocenters. The third-order valence-corrected chi connectivity index (χ3v) is 4.48. The molecule has 4 heteroatoms. The first-order chi connectivity index (χ1) is 9.40. The van der Waals surface area contributed by atoms with Gasteiger partial charge < -0.3 is 10.0 Å². The van der Waals surface area contributed by atoms with Gasteiger partial charge in [-0.3, -0.25) is 0 Å². The molecule has 1 aromatic rings. The number of fused-ring (bicyclic) bond motifs is 1. The highest BCUT2D eigenvalue weighted by Gasteiger charge is 2.27. The molecule has 0 amide bonds. The summed E-state index contributed by atoms with van der Waals surface area (Å²) in [4.78, 5) is 11.4. The molecule has 0 aromatic carbocycles. The topological polar surface area (TPSA) is 49.2 Å². The molecule has 1 saturated carbocycles. The van der Waals surface area contributed by atoms with E-state index in [9.17, 15) is 5.11 Å². The zero-order chi connectivity index (χ0) is 13.1. The van der Waals surface area contributed by atoms with E-state index in [1.807, 2.05) is 0 Å². The van der Waals surface area contributed by atoms with Gasteiger partial charge in [0.25, 0.3) is 0 Å². The van der Waals surface area contributed by atoms with Crippen LogP contribution in [0.3, 0.4) is 0 Å². The molecule has 19 heavy (non-hydrogen) atoms. The molecule has 1 heterocycles. The van der Waals surface area contributed by atoms with Gasteiger partial charge in [-0.15, -0.1) is 0 Å². The maximum atomic E-state index is 9.38. The minimum atomic E-state index is 0.204. The lowest BCUT2D eigenvalue weighted by atomic mass is 9.96. The predicted molar refractivity (Wildman–Crippen MR) is 75.4 cm³/mol. The molecule has 2 aliphatic carbocycles. The van der Waals surface area contributed by atoms with E-state index < -0.39 is 0 Å². The van der Waals surface area contributed by atoms with Gasteiger partial charge in [-0.05, 0) is 38.5 Å². The minimum Gasteiger partial charge on any atom is -0.395 e. The van der Waals surface area contributed by atoms with Gasteiger partial charge in [-0.2, -0.15) is 0 Å². The third kappa shape index (κ3) is 2.59. The predicted octanol–water partition coefficient (Wildman–Crippen LogP) is 2.10. The average molecular weight is 261 g/mol. The fourth-order valence-electron chi connectivity index (χ4n) is 3.54. The zero-order valence-corrected chi connectivity index (χ0v) is 11.5. The molecule has 0 unspecified atom stereocenters. The first-order valence-electron chi connectivity index (χ1n) is 7.60. The minimum absolute atomic E-state index is 0.204. The van der Waals surface area contributed by atoms with Crippen molar-refractivity contribution in [2.45, 2.75) is 57.4 Å². The fraction of sp³-hybridized carbons (Fsp3) is 0.733. The number of anilines is 1. The van der Waals surface area contributed by atoms with Crippen LogP contribution in [-0.4, -0.2) is 34.3 Å². The van der Waals surface area contributed by atoms with Gasteiger partial charge in [0.2, 0.25) is 0 Å². The molecule has 0 saturated heterocycles. The Morgan fingerprint density at radius 2 is 1.89 bits per heavy atom. The SMILES string of the molecule is OCCN(c1ncnc2c1CCCC2)C1CCCC1. The van der Waals surface area contributed by atoms with E-state index in [2.05, 4.69) is 14.9 Å². The molecular formula is C15H23N3O. The Kier molecular flexibility index (Phi) is 3.97. The van der Waals surface area contributed by atoms with Crippen LogP contribution in [0.25, 0.3) is 0 Å². The number of aliphatic hydroxyl groups is 1. The number of nitrogens with zero attached hydrogens (tertiary/aromatic N) is 3. The lowest BCUT2D eigenvalue weighted by Crippen LogP contribution is -2.37. The maximum absolute atomic E-state index is 9.38. The van der Waals surface area contributed by atoms with Crippen molar-refractivity contribution in [1.82, 2.24) is 9.97 Å². The van der Waals surface area contributed by atoms with Crippen molar-refractivity contribution in [1.29, 1.82) is 0 Å². The van der Waals surface area contributed by atoms with Crippen molar-refractivity contribution in [2.75, 3.05) is 18.1 Å². The summed E-state index contributed by atoms with van der Waals surface area (Å²) in [6.45, 7) is 0.906. The van der Waals surface area contributed by atoms with E-state index in [0.717, 1.165) is 18.7 Å². The second kappa shape index (κ2) is 5.87. The molecule has 1 N–H and O–H groups in total. The van der Waals surface area contributed by atoms with E-state index in [-0.39, 0.29) is 6.61 Å². The van der Waals surface area contributed by atoms with Crippen molar-refractivity contribution in [2.24, 2.45) is 0 Å². The summed E-state index contributed by atoms with van der Waals surface area (Å²) in [5, 5.41) is 9.38. The van der Waals surface area contributed by atoms with Crippen molar-refractivity contribution < 1.29 is 5.11 Å². The Morgan fingerprint density at radius 3 is 2.68 bits per heavy atom. The highest BCUT2D eigenvalue weighted by atomic mass is 16.3. The van der Waals surface area contributed by atoms with E-state index in [1.54, 1.807) is 6.33 Å². The second-order valence-electron chi connectivity index (χ2n) is 5.68. The highest BCUT2D eigenvalue weighted by molar-refractivity contribution is 5.50. The molecule has 0 spiro atoms. The van der Waals surface area contributed by atoms with Gasteiger partial charge >= 0.3 is 0 Å². The summed E-state index contributed by atoms with van der Waals surface area (Å²) in [6.07, 6.45) is 11.5. The first kappa shape index (κ1) is 12.9. The standard InChI is InChI=1S/C15H23N3O/c19-10-9-18(12-5-1-2-6-12)15-13-7-3-4-8-14(13)16-11-17-15/h11-12,19H,1-10H2. The summed E-state index contributed by atoms with van der Waals surface area (Å²) < 4.78 is 0. The maximum Gasteiger partial charge on any atom is 0.135 e. The van der Waals surface area contributed by atoms with Crippen molar-refractivity contribution in [3.8, 4) is 0 Å². The summed E-state index contributed by atoms with van der Waals surface area (Å²) >= 11 is 0. The second-order valence-corrected chi connectivity index (χ2v) is 5.68. The van der Waals surface area contributed by atoms with Crippen molar-refractivity contribution >= 4 is 5.82 Å². The molecule has 1 fully saturated rings. The molecule has 4 nitrogen and oxygen atoms in total. The summed E-state index contributed by atoms with van der Waals surface area (Å²) in [7, 11) is 0. The van der Waals surface area contributed by atoms with Crippen LogP contribution < -0.4 is 4.90 Å². The summed E-state index contributed by atoms with van der Waals surface area (Å²) in [5.74, 6) is 1.10. The number of aliphatic hydroxyl groups excluding tert-OH is 1. The van der Waals surface area contributed by atoms with E-state index in [1.165, 1.54) is 49.8 Å². The quantitative estimate of drug-likeness (QED) is 0.901. The van der Waals surface area contributed by atoms with Gasteiger partial charge in [0.05, 0.1) is 6.61 Å². The molecule has 0 bridgehead atoms. The Morgan fingerprint density at radius 1 is 1.11 bits per heavy atom. The lowest BCUT2D eigenvalue weighted by Gasteiger charge is -2.32. The number of hydrogen-bond acceptors (Lipinski definition) is 4. The molecule has 0 radical (unpaired) electrons. The van der Waals surface area contributed by atoms with Gasteiger partial charge in [-0.1, -0.05) is 12.8 Å². The number of aromatic nitrogens is 2. The third-order valence-electron chi connectivity index (χ3n) is 4.48. The molecule has 0 aliphatic heterocycles. The van der Waals surface area contributed by atoms with Crippen LogP contribution in [0.5, 0.6) is 0 Å². The summed E-state index contributed by atoms with van der Waals surface area (Å²) in [5.41, 5.74) is 2.58. The van der Waals surface area contributed by atoms with Crippen LogP contribution in [-0.2, 0) is 12.8 Å². The van der Waals surface area contributed by atoms with Crippen molar-refractivity contribution in [3.63, 3.8) is 0 Å². The van der Waals surface area contributed by atoms with Crippen LogP contribution in [0.4, 0.5) is 5.82 Å². The Hall–Kier alpha value is -1.16. The molecular weight excluding hydrogens is 238 g/mol. The van der Waals surface area contributed by atoms with E-state index in [0.29, 0.717) is 12.6 Å². The fourth-order valence-corrected chi connectivity index (χ4v) is 3.54. The van der Waals surface area contributed by atoms with Gasteiger partial charge in [0.15, 0.2) is 0 Å². The first-order valence-corrected chi connectivity index (χ1v) is 7.60.